The number of carbonyl (C=O) groups is 2. The summed E-state index contributed by atoms with van der Waals surface area (Å²) in [5, 5.41) is 6.00. The smallest absolute Gasteiger partial charge is 0.322 e. The van der Waals surface area contributed by atoms with Gasteiger partial charge in [-0.2, -0.15) is 0 Å². The molecule has 0 spiro atoms. The summed E-state index contributed by atoms with van der Waals surface area (Å²) in [4.78, 5) is 27.9. The number of hydrogen-bond acceptors (Lipinski definition) is 4. The number of hydrogen-bond donors (Lipinski definition) is 2. The molecule has 7 heteroatoms. The van der Waals surface area contributed by atoms with Crippen molar-refractivity contribution in [1.82, 2.24) is 10.2 Å². The summed E-state index contributed by atoms with van der Waals surface area (Å²) in [5.74, 6) is 1.04. The average molecular weight is 460 g/mol. The van der Waals surface area contributed by atoms with Crippen molar-refractivity contribution in [3.05, 3.63) is 89.0 Å². The van der Waals surface area contributed by atoms with Gasteiger partial charge in [-0.3, -0.25) is 4.79 Å². The maximum absolute atomic E-state index is 13.3. The highest BCUT2D eigenvalue weighted by Crippen LogP contribution is 2.38. The van der Waals surface area contributed by atoms with Gasteiger partial charge in [-0.15, -0.1) is 0 Å². The van der Waals surface area contributed by atoms with Crippen molar-refractivity contribution in [2.45, 2.75) is 19.4 Å². The predicted octanol–water partition coefficient (Wildman–Crippen LogP) is 4.57. The van der Waals surface area contributed by atoms with Gasteiger partial charge in [-0.05, 0) is 66.4 Å². The number of amides is 3. The van der Waals surface area contributed by atoms with E-state index in [1.54, 1.807) is 31.3 Å². The Bertz CT molecular complexity index is 1180. The average Bonchev–Trinajstić information content (AvgIpc) is 2.86. The van der Waals surface area contributed by atoms with Crippen molar-refractivity contribution >= 4 is 17.6 Å². The third-order valence-electron chi connectivity index (χ3n) is 6.02. The SMILES string of the molecule is COc1cc2c(cc1OC)[C@@H](CNC(=O)c1ccccc1)N(C(=O)Nc1cccc(C)c1)CC2. The minimum atomic E-state index is -0.374. The number of fused-ring (bicyclic) bond motifs is 1. The number of aryl methyl sites for hydroxylation is 1. The van der Waals surface area contributed by atoms with Gasteiger partial charge in [0.2, 0.25) is 0 Å². The molecule has 0 aromatic heterocycles. The van der Waals surface area contributed by atoms with Crippen LogP contribution in [0.4, 0.5) is 10.5 Å². The van der Waals surface area contributed by atoms with Crippen molar-refractivity contribution in [2.75, 3.05) is 32.6 Å². The maximum Gasteiger partial charge on any atom is 0.322 e. The van der Waals surface area contributed by atoms with Crippen molar-refractivity contribution in [3.63, 3.8) is 0 Å². The number of anilines is 1. The van der Waals surface area contributed by atoms with Gasteiger partial charge in [0.1, 0.15) is 0 Å². The van der Waals surface area contributed by atoms with Gasteiger partial charge in [-0.25, -0.2) is 4.79 Å². The first-order chi connectivity index (χ1) is 16.5. The summed E-state index contributed by atoms with van der Waals surface area (Å²) < 4.78 is 11.0. The Balaban J connectivity index is 1.63. The van der Waals surface area contributed by atoms with Crippen LogP contribution in [0.25, 0.3) is 0 Å². The van der Waals surface area contributed by atoms with Gasteiger partial charge in [-0.1, -0.05) is 30.3 Å². The van der Waals surface area contributed by atoms with Crippen LogP contribution >= 0.6 is 0 Å². The lowest BCUT2D eigenvalue weighted by atomic mass is 9.91. The zero-order valence-corrected chi connectivity index (χ0v) is 19.6. The highest BCUT2D eigenvalue weighted by atomic mass is 16.5. The summed E-state index contributed by atoms with van der Waals surface area (Å²) in [7, 11) is 3.19. The van der Waals surface area contributed by atoms with Crippen LogP contribution in [0.5, 0.6) is 11.5 Å². The summed E-state index contributed by atoms with van der Waals surface area (Å²) in [5.41, 5.74) is 4.36. The zero-order chi connectivity index (χ0) is 24.1. The number of ether oxygens (including phenoxy) is 2. The van der Waals surface area contributed by atoms with E-state index >= 15 is 0 Å². The quantitative estimate of drug-likeness (QED) is 0.566. The molecule has 1 aliphatic rings. The molecular formula is C27H29N3O4. The molecular weight excluding hydrogens is 430 g/mol. The highest BCUT2D eigenvalue weighted by Gasteiger charge is 2.32. The number of urea groups is 1. The lowest BCUT2D eigenvalue weighted by Crippen LogP contribution is -2.46. The Hall–Kier alpha value is -4.00. The fraction of sp³-hybridized carbons (Fsp3) is 0.259. The molecule has 34 heavy (non-hydrogen) atoms. The molecule has 0 saturated heterocycles. The fourth-order valence-corrected chi connectivity index (χ4v) is 4.29. The summed E-state index contributed by atoms with van der Waals surface area (Å²) >= 11 is 0. The van der Waals surface area contributed by atoms with Crippen LogP contribution in [0, 0.1) is 6.92 Å². The molecule has 2 N–H and O–H groups in total. The molecule has 0 unspecified atom stereocenters. The first-order valence-corrected chi connectivity index (χ1v) is 11.2. The number of benzene rings is 3. The van der Waals surface area contributed by atoms with Crippen LogP contribution in [0.1, 0.15) is 33.1 Å². The molecule has 1 heterocycles. The molecule has 0 fully saturated rings. The predicted molar refractivity (Wildman–Crippen MR) is 132 cm³/mol. The van der Waals surface area contributed by atoms with E-state index in [1.165, 1.54) is 0 Å². The van der Waals surface area contributed by atoms with Crippen LogP contribution in [-0.4, -0.2) is 44.1 Å². The third kappa shape index (κ3) is 4.98. The Morgan fingerprint density at radius 3 is 2.41 bits per heavy atom. The molecule has 4 rings (SSSR count). The molecule has 3 amide bonds. The van der Waals surface area contributed by atoms with Crippen molar-refractivity contribution in [3.8, 4) is 11.5 Å². The summed E-state index contributed by atoms with van der Waals surface area (Å²) in [6, 6.07) is 20.0. The van der Waals surface area contributed by atoms with Gasteiger partial charge in [0.25, 0.3) is 5.91 Å². The standard InChI is InChI=1S/C27H29N3O4/c1-18-8-7-11-21(14-18)29-27(32)30-13-12-20-15-24(33-2)25(34-3)16-22(20)23(30)17-28-26(31)19-9-5-4-6-10-19/h4-11,14-16,23H,12-13,17H2,1-3H3,(H,28,31)(H,29,32)/t23-/m1/s1. The van der Waals surface area contributed by atoms with Gasteiger partial charge < -0.3 is 25.0 Å². The second-order valence-corrected chi connectivity index (χ2v) is 8.24. The molecule has 0 bridgehead atoms. The number of nitrogens with zero attached hydrogens (tertiary/aromatic N) is 1. The topological polar surface area (TPSA) is 79.9 Å². The summed E-state index contributed by atoms with van der Waals surface area (Å²) in [6.07, 6.45) is 0.667. The normalized spacial score (nSPS) is 14.7. The van der Waals surface area contributed by atoms with Crippen LogP contribution < -0.4 is 20.1 Å². The molecule has 176 valence electrons. The van der Waals surface area contributed by atoms with E-state index in [4.69, 9.17) is 9.47 Å². The second-order valence-electron chi connectivity index (χ2n) is 8.24. The van der Waals surface area contributed by atoms with Gasteiger partial charge >= 0.3 is 6.03 Å². The monoisotopic (exact) mass is 459 g/mol. The van der Waals surface area contributed by atoms with Crippen molar-refractivity contribution in [1.29, 1.82) is 0 Å². The van der Waals surface area contributed by atoms with Gasteiger partial charge in [0, 0.05) is 24.3 Å². The van der Waals surface area contributed by atoms with E-state index in [9.17, 15) is 9.59 Å². The minimum absolute atomic E-state index is 0.188. The first kappa shape index (κ1) is 23.2. The first-order valence-electron chi connectivity index (χ1n) is 11.2. The van der Waals surface area contributed by atoms with Gasteiger partial charge in [0.05, 0.1) is 20.3 Å². The molecule has 7 nitrogen and oxygen atoms in total. The Labute approximate surface area is 199 Å². The number of rotatable bonds is 6. The van der Waals surface area contributed by atoms with Crippen molar-refractivity contribution in [2.24, 2.45) is 0 Å². The number of carbonyl (C=O) groups excluding carboxylic acids is 2. The maximum atomic E-state index is 13.3. The Kier molecular flexibility index (Phi) is 7.01. The molecule has 0 radical (unpaired) electrons. The molecule has 3 aromatic rings. The second kappa shape index (κ2) is 10.3. The summed E-state index contributed by atoms with van der Waals surface area (Å²) in [6.45, 7) is 2.75. The Morgan fingerprint density at radius 2 is 1.71 bits per heavy atom. The van der Waals surface area contributed by atoms with E-state index in [0.29, 0.717) is 30.0 Å². The third-order valence-corrected chi connectivity index (χ3v) is 6.02. The lowest BCUT2D eigenvalue weighted by Gasteiger charge is -2.38. The van der Waals surface area contributed by atoms with Crippen LogP contribution in [0.2, 0.25) is 0 Å². The molecule has 1 atom stereocenters. The van der Waals surface area contributed by atoms with E-state index < -0.39 is 0 Å². The number of methoxy groups -OCH3 is 2. The van der Waals surface area contributed by atoms with E-state index in [1.807, 2.05) is 61.5 Å². The number of nitrogens with one attached hydrogen (secondary N) is 2. The van der Waals surface area contributed by atoms with E-state index in [0.717, 1.165) is 22.4 Å². The van der Waals surface area contributed by atoms with E-state index in [2.05, 4.69) is 10.6 Å². The lowest BCUT2D eigenvalue weighted by molar-refractivity contribution is 0.0936. The minimum Gasteiger partial charge on any atom is -0.493 e. The fourth-order valence-electron chi connectivity index (χ4n) is 4.29. The van der Waals surface area contributed by atoms with Crippen LogP contribution in [0.15, 0.2) is 66.7 Å². The Morgan fingerprint density at radius 1 is 0.971 bits per heavy atom. The largest absolute Gasteiger partial charge is 0.493 e. The van der Waals surface area contributed by atoms with E-state index in [-0.39, 0.29) is 24.5 Å². The highest BCUT2D eigenvalue weighted by molar-refractivity contribution is 5.94. The van der Waals surface area contributed by atoms with Crippen molar-refractivity contribution < 1.29 is 19.1 Å². The molecule has 0 aliphatic carbocycles. The van der Waals surface area contributed by atoms with Crippen LogP contribution in [-0.2, 0) is 6.42 Å². The van der Waals surface area contributed by atoms with Gasteiger partial charge in [0.15, 0.2) is 11.5 Å². The molecule has 0 saturated carbocycles. The van der Waals surface area contributed by atoms with Crippen LogP contribution in [0.3, 0.4) is 0 Å². The molecule has 3 aromatic carbocycles. The zero-order valence-electron chi connectivity index (χ0n) is 19.6. The molecule has 1 aliphatic heterocycles.